The Morgan fingerprint density at radius 2 is 1.72 bits per heavy atom. The maximum Gasteiger partial charge on any atom is 0.387 e. The fraction of sp³-hybridized carbons (Fsp3) is 0.167. The van der Waals surface area contributed by atoms with Crippen molar-refractivity contribution in [3.63, 3.8) is 0 Å². The molecule has 5 nitrogen and oxygen atoms in total. The SMILES string of the molecule is Cc1cc(C(=O)COC(=O)C=Cc2ccc(Cl)cc2)c(C)n1-c1ccc(OC(F)F)cc1. The van der Waals surface area contributed by atoms with Gasteiger partial charge in [0.15, 0.2) is 6.61 Å². The lowest BCUT2D eigenvalue weighted by molar-refractivity contribution is -0.136. The second kappa shape index (κ2) is 10.2. The molecule has 0 N–H and O–H groups in total. The lowest BCUT2D eigenvalue weighted by atomic mass is 10.1. The third-order valence-electron chi connectivity index (χ3n) is 4.68. The molecule has 3 aromatic rings. The van der Waals surface area contributed by atoms with Gasteiger partial charge < -0.3 is 14.0 Å². The number of carbonyl (C=O) groups excluding carboxylic acids is 2. The number of Topliss-reactive ketones (excluding diaryl/α,β-unsaturated/α-hetero) is 1. The van der Waals surface area contributed by atoms with Crippen molar-refractivity contribution in [3.8, 4) is 11.4 Å². The highest BCUT2D eigenvalue weighted by atomic mass is 35.5. The van der Waals surface area contributed by atoms with Crippen molar-refractivity contribution in [2.24, 2.45) is 0 Å². The Morgan fingerprint density at radius 1 is 1.06 bits per heavy atom. The van der Waals surface area contributed by atoms with Crippen molar-refractivity contribution >= 4 is 29.4 Å². The van der Waals surface area contributed by atoms with Gasteiger partial charge in [0, 0.05) is 33.7 Å². The molecule has 0 aliphatic heterocycles. The van der Waals surface area contributed by atoms with E-state index in [1.165, 1.54) is 18.2 Å². The number of benzene rings is 2. The molecule has 0 radical (unpaired) electrons. The molecule has 0 bridgehead atoms. The first-order valence-electron chi connectivity index (χ1n) is 9.62. The van der Waals surface area contributed by atoms with Gasteiger partial charge in [0.1, 0.15) is 5.75 Å². The molecule has 1 heterocycles. The summed E-state index contributed by atoms with van der Waals surface area (Å²) >= 11 is 5.82. The van der Waals surface area contributed by atoms with Crippen LogP contribution in [0.1, 0.15) is 27.3 Å². The second-order valence-corrected chi connectivity index (χ2v) is 7.34. The minimum Gasteiger partial charge on any atom is -0.454 e. The number of hydrogen-bond donors (Lipinski definition) is 0. The Labute approximate surface area is 188 Å². The van der Waals surface area contributed by atoms with Crippen LogP contribution in [-0.4, -0.2) is 29.5 Å². The predicted molar refractivity (Wildman–Crippen MR) is 118 cm³/mol. The van der Waals surface area contributed by atoms with Crippen molar-refractivity contribution in [2.75, 3.05) is 6.61 Å². The van der Waals surface area contributed by atoms with Gasteiger partial charge in [-0.2, -0.15) is 8.78 Å². The van der Waals surface area contributed by atoms with E-state index in [1.54, 1.807) is 55.5 Å². The predicted octanol–water partition coefficient (Wildman–Crippen LogP) is 5.79. The van der Waals surface area contributed by atoms with E-state index in [0.717, 1.165) is 11.3 Å². The summed E-state index contributed by atoms with van der Waals surface area (Å²) in [4.78, 5) is 24.6. The molecule has 0 spiro atoms. The number of nitrogens with zero attached hydrogens (tertiary/aromatic N) is 1. The summed E-state index contributed by atoms with van der Waals surface area (Å²) < 4.78 is 35.9. The number of ketones is 1. The molecular formula is C24H20ClF2NO4. The number of ether oxygens (including phenoxy) is 2. The summed E-state index contributed by atoms with van der Waals surface area (Å²) in [5.41, 5.74) is 3.27. The van der Waals surface area contributed by atoms with E-state index in [4.69, 9.17) is 16.3 Å². The number of esters is 1. The molecule has 1 aromatic heterocycles. The van der Waals surface area contributed by atoms with Crippen molar-refractivity contribution in [1.29, 1.82) is 0 Å². The van der Waals surface area contributed by atoms with Crippen LogP contribution < -0.4 is 4.74 Å². The van der Waals surface area contributed by atoms with Gasteiger partial charge in [-0.1, -0.05) is 23.7 Å². The Bertz CT molecular complexity index is 1140. The minimum atomic E-state index is -2.90. The van der Waals surface area contributed by atoms with Crippen LogP contribution >= 0.6 is 11.6 Å². The van der Waals surface area contributed by atoms with E-state index >= 15 is 0 Å². The number of rotatable bonds is 8. The molecule has 0 fully saturated rings. The van der Waals surface area contributed by atoms with Gasteiger partial charge in [0.05, 0.1) is 0 Å². The summed E-state index contributed by atoms with van der Waals surface area (Å²) in [6, 6.07) is 14.7. The Balaban J connectivity index is 1.66. The largest absolute Gasteiger partial charge is 0.454 e. The number of carbonyl (C=O) groups is 2. The molecule has 2 aromatic carbocycles. The number of halogens is 3. The van der Waals surface area contributed by atoms with Crippen LogP contribution in [0.5, 0.6) is 5.75 Å². The van der Waals surface area contributed by atoms with Gasteiger partial charge in [0.25, 0.3) is 0 Å². The van der Waals surface area contributed by atoms with E-state index < -0.39 is 19.2 Å². The summed E-state index contributed by atoms with van der Waals surface area (Å²) in [5, 5.41) is 0.588. The summed E-state index contributed by atoms with van der Waals surface area (Å²) in [7, 11) is 0. The van der Waals surface area contributed by atoms with E-state index in [1.807, 2.05) is 11.5 Å². The van der Waals surface area contributed by atoms with Gasteiger partial charge in [0.2, 0.25) is 5.78 Å². The molecular weight excluding hydrogens is 440 g/mol. The maximum absolute atomic E-state index is 12.6. The van der Waals surface area contributed by atoms with Crippen LogP contribution in [0, 0.1) is 13.8 Å². The lowest BCUT2D eigenvalue weighted by Gasteiger charge is -2.11. The van der Waals surface area contributed by atoms with Crippen LogP contribution in [0.25, 0.3) is 11.8 Å². The standard InChI is InChI=1S/C24H20ClF2NO4/c1-15-13-21(16(2)28(15)19-8-10-20(11-9-19)32-24(26)27)22(29)14-31-23(30)12-5-17-3-6-18(25)7-4-17/h3-13,24H,14H2,1-2H3. The Morgan fingerprint density at radius 3 is 2.34 bits per heavy atom. The first-order valence-corrected chi connectivity index (χ1v) is 10.00. The molecule has 0 atom stereocenters. The average Bonchev–Trinajstić information content (AvgIpc) is 3.06. The van der Waals surface area contributed by atoms with Gasteiger partial charge in [-0.3, -0.25) is 4.79 Å². The smallest absolute Gasteiger partial charge is 0.387 e. The van der Waals surface area contributed by atoms with E-state index in [0.29, 0.717) is 22.0 Å². The van der Waals surface area contributed by atoms with E-state index in [-0.39, 0.29) is 11.5 Å². The highest BCUT2D eigenvalue weighted by Gasteiger charge is 2.18. The van der Waals surface area contributed by atoms with Gasteiger partial charge in [-0.25, -0.2) is 4.79 Å². The van der Waals surface area contributed by atoms with Gasteiger partial charge >= 0.3 is 12.6 Å². The third-order valence-corrected chi connectivity index (χ3v) is 4.93. The number of alkyl halides is 2. The van der Waals surface area contributed by atoms with Crippen molar-refractivity contribution in [3.05, 3.63) is 88.2 Å². The zero-order chi connectivity index (χ0) is 23.3. The molecule has 3 rings (SSSR count). The van der Waals surface area contributed by atoms with Crippen molar-refractivity contribution < 1.29 is 27.8 Å². The molecule has 32 heavy (non-hydrogen) atoms. The van der Waals surface area contributed by atoms with Crippen LogP contribution in [0.3, 0.4) is 0 Å². The second-order valence-electron chi connectivity index (χ2n) is 6.91. The molecule has 8 heteroatoms. The number of hydrogen-bond acceptors (Lipinski definition) is 4. The fourth-order valence-corrected chi connectivity index (χ4v) is 3.35. The van der Waals surface area contributed by atoms with Crippen LogP contribution in [-0.2, 0) is 9.53 Å². The molecule has 0 saturated heterocycles. The topological polar surface area (TPSA) is 57.5 Å². The average molecular weight is 460 g/mol. The first-order chi connectivity index (χ1) is 15.2. The first kappa shape index (κ1) is 23.2. The van der Waals surface area contributed by atoms with E-state index in [2.05, 4.69) is 4.74 Å². The Kier molecular flexibility index (Phi) is 7.43. The van der Waals surface area contributed by atoms with E-state index in [9.17, 15) is 18.4 Å². The molecule has 0 aliphatic rings. The molecule has 0 saturated carbocycles. The summed E-state index contributed by atoms with van der Waals surface area (Å²) in [6.07, 6.45) is 2.80. The van der Waals surface area contributed by atoms with Crippen LogP contribution in [0.15, 0.2) is 60.7 Å². The fourth-order valence-electron chi connectivity index (χ4n) is 3.22. The van der Waals surface area contributed by atoms with Gasteiger partial charge in [-0.15, -0.1) is 0 Å². The highest BCUT2D eigenvalue weighted by Crippen LogP contribution is 2.24. The minimum absolute atomic E-state index is 0.0427. The van der Waals surface area contributed by atoms with Crippen molar-refractivity contribution in [2.45, 2.75) is 20.5 Å². The number of aryl methyl sites for hydroxylation is 1. The van der Waals surface area contributed by atoms with Crippen molar-refractivity contribution in [1.82, 2.24) is 4.57 Å². The summed E-state index contributed by atoms with van der Waals surface area (Å²) in [5.74, 6) is -0.951. The molecule has 0 amide bonds. The molecule has 166 valence electrons. The molecule has 0 unspecified atom stereocenters. The lowest BCUT2D eigenvalue weighted by Crippen LogP contribution is -2.13. The monoisotopic (exact) mass is 459 g/mol. The summed E-state index contributed by atoms with van der Waals surface area (Å²) in [6.45, 7) is 0.263. The van der Waals surface area contributed by atoms with Crippen LogP contribution in [0.4, 0.5) is 8.78 Å². The number of aromatic nitrogens is 1. The molecule has 0 aliphatic carbocycles. The highest BCUT2D eigenvalue weighted by molar-refractivity contribution is 6.30. The maximum atomic E-state index is 12.6. The van der Waals surface area contributed by atoms with Crippen LogP contribution in [0.2, 0.25) is 5.02 Å². The quantitative estimate of drug-likeness (QED) is 0.243. The zero-order valence-electron chi connectivity index (χ0n) is 17.3. The normalized spacial score (nSPS) is 11.2. The third kappa shape index (κ3) is 5.82. The Hall–Kier alpha value is -3.45. The van der Waals surface area contributed by atoms with Gasteiger partial charge in [-0.05, 0) is 68.0 Å². The zero-order valence-corrected chi connectivity index (χ0v) is 18.1.